The van der Waals surface area contributed by atoms with Gasteiger partial charge in [0, 0.05) is 21.6 Å². The van der Waals surface area contributed by atoms with Crippen LogP contribution >= 0.6 is 23.1 Å². The number of hydrogen-bond acceptors (Lipinski definition) is 8. The van der Waals surface area contributed by atoms with E-state index in [1.54, 1.807) is 29.2 Å². The highest BCUT2D eigenvalue weighted by atomic mass is 32.2. The summed E-state index contributed by atoms with van der Waals surface area (Å²) in [6.45, 7) is 4.00. The van der Waals surface area contributed by atoms with Crippen molar-refractivity contribution in [3.8, 4) is 11.4 Å². The lowest BCUT2D eigenvalue weighted by atomic mass is 10.1. The van der Waals surface area contributed by atoms with Crippen LogP contribution in [0.1, 0.15) is 39.4 Å². The highest BCUT2D eigenvalue weighted by Gasteiger charge is 2.16. The molecule has 0 saturated carbocycles. The lowest BCUT2D eigenvalue weighted by molar-refractivity contribution is 0.0425. The summed E-state index contributed by atoms with van der Waals surface area (Å²) in [5.74, 6) is 0.997. The van der Waals surface area contributed by atoms with Crippen molar-refractivity contribution >= 4 is 29.1 Å². The van der Waals surface area contributed by atoms with Gasteiger partial charge in [0.05, 0.1) is 16.3 Å². The van der Waals surface area contributed by atoms with Gasteiger partial charge in [0.25, 0.3) is 5.89 Å². The Hall–Kier alpha value is -2.97. The summed E-state index contributed by atoms with van der Waals surface area (Å²) in [6.07, 6.45) is 0.969. The summed E-state index contributed by atoms with van der Waals surface area (Å²) < 4.78 is 10.7. The fourth-order valence-corrected chi connectivity index (χ4v) is 4.56. The number of carbonyl (C=O) groups is 1. The molecule has 158 valence electrons. The minimum atomic E-state index is -0.426. The summed E-state index contributed by atoms with van der Waals surface area (Å²) in [7, 11) is 0. The third-order valence-electron chi connectivity index (χ3n) is 4.56. The van der Waals surface area contributed by atoms with E-state index in [0.29, 0.717) is 17.1 Å². The second-order valence-corrected chi connectivity index (χ2v) is 8.86. The van der Waals surface area contributed by atoms with Crippen LogP contribution in [0, 0.1) is 6.92 Å². The monoisotopic (exact) mass is 451 g/mol. The molecule has 2 aromatic heterocycles. The molecule has 0 aliphatic rings. The van der Waals surface area contributed by atoms with Crippen LogP contribution in [0.4, 0.5) is 0 Å². The van der Waals surface area contributed by atoms with Gasteiger partial charge in [-0.05, 0) is 31.0 Å². The molecule has 0 spiro atoms. The molecular formula is C23H21N3O3S2. The quantitative estimate of drug-likeness (QED) is 0.251. The van der Waals surface area contributed by atoms with Gasteiger partial charge in [-0.2, -0.15) is 4.98 Å². The Kier molecular flexibility index (Phi) is 6.79. The van der Waals surface area contributed by atoms with E-state index in [1.165, 1.54) is 5.56 Å². The van der Waals surface area contributed by atoms with Crippen LogP contribution in [-0.2, 0) is 23.5 Å². The summed E-state index contributed by atoms with van der Waals surface area (Å²) in [4.78, 5) is 22.3. The molecule has 2 heterocycles. The predicted octanol–water partition coefficient (Wildman–Crippen LogP) is 5.71. The van der Waals surface area contributed by atoms with Crippen LogP contribution in [0.3, 0.4) is 0 Å². The standard InChI is InChI=1S/C23H21N3O3S2/c1-3-16-8-10-17(11-9-16)22-25-21(29-26-22)12-28-23(27)19-6-4-5-7-20(19)31-14-18-13-30-15(2)24-18/h4-11,13H,3,12,14H2,1-2H3. The molecular weight excluding hydrogens is 430 g/mol. The lowest BCUT2D eigenvalue weighted by Gasteiger charge is -2.07. The maximum absolute atomic E-state index is 12.7. The van der Waals surface area contributed by atoms with Crippen LogP contribution in [0.5, 0.6) is 0 Å². The van der Waals surface area contributed by atoms with E-state index in [-0.39, 0.29) is 12.5 Å². The second kappa shape index (κ2) is 9.89. The molecule has 0 saturated heterocycles. The highest BCUT2D eigenvalue weighted by molar-refractivity contribution is 7.98. The Morgan fingerprint density at radius 2 is 1.94 bits per heavy atom. The third-order valence-corrected chi connectivity index (χ3v) is 6.49. The molecule has 0 aliphatic carbocycles. The number of aryl methyl sites for hydroxylation is 2. The van der Waals surface area contributed by atoms with Crippen LogP contribution < -0.4 is 0 Å². The number of thiazole rings is 1. The van der Waals surface area contributed by atoms with Crippen LogP contribution in [0.25, 0.3) is 11.4 Å². The first-order valence-corrected chi connectivity index (χ1v) is 11.7. The molecule has 4 rings (SSSR count). The number of thioether (sulfide) groups is 1. The molecule has 0 fully saturated rings. The molecule has 0 unspecified atom stereocenters. The molecule has 4 aromatic rings. The Labute approximate surface area is 188 Å². The van der Waals surface area contributed by atoms with Crippen molar-refractivity contribution in [2.24, 2.45) is 0 Å². The minimum Gasteiger partial charge on any atom is -0.452 e. The normalized spacial score (nSPS) is 10.9. The summed E-state index contributed by atoms with van der Waals surface area (Å²) >= 11 is 3.18. The van der Waals surface area contributed by atoms with Gasteiger partial charge in [0.15, 0.2) is 6.61 Å². The Morgan fingerprint density at radius 3 is 2.68 bits per heavy atom. The first-order chi connectivity index (χ1) is 15.1. The van der Waals surface area contributed by atoms with Crippen molar-refractivity contribution in [1.82, 2.24) is 15.1 Å². The second-order valence-electron chi connectivity index (χ2n) is 6.78. The number of benzene rings is 2. The largest absolute Gasteiger partial charge is 0.452 e. The van der Waals surface area contributed by atoms with Gasteiger partial charge in [-0.25, -0.2) is 9.78 Å². The van der Waals surface area contributed by atoms with Crippen LogP contribution in [-0.4, -0.2) is 21.1 Å². The first-order valence-electron chi connectivity index (χ1n) is 9.84. The van der Waals surface area contributed by atoms with E-state index in [2.05, 4.69) is 22.0 Å². The maximum atomic E-state index is 12.7. The number of hydrogen-bond donors (Lipinski definition) is 0. The zero-order valence-corrected chi connectivity index (χ0v) is 18.8. The van der Waals surface area contributed by atoms with Crippen molar-refractivity contribution in [3.05, 3.63) is 81.6 Å². The molecule has 0 atom stereocenters. The van der Waals surface area contributed by atoms with E-state index in [1.807, 2.05) is 54.8 Å². The van der Waals surface area contributed by atoms with Gasteiger partial charge in [0.1, 0.15) is 0 Å². The molecule has 0 radical (unpaired) electrons. The molecule has 0 bridgehead atoms. The molecule has 6 nitrogen and oxygen atoms in total. The highest BCUT2D eigenvalue weighted by Crippen LogP contribution is 2.27. The number of esters is 1. The van der Waals surface area contributed by atoms with Gasteiger partial charge in [-0.1, -0.05) is 48.5 Å². The third kappa shape index (κ3) is 5.39. The van der Waals surface area contributed by atoms with Gasteiger partial charge >= 0.3 is 5.97 Å². The van der Waals surface area contributed by atoms with Crippen molar-refractivity contribution in [3.63, 3.8) is 0 Å². The summed E-state index contributed by atoms with van der Waals surface area (Å²) in [6, 6.07) is 15.4. The van der Waals surface area contributed by atoms with Crippen molar-refractivity contribution in [1.29, 1.82) is 0 Å². The van der Waals surface area contributed by atoms with Crippen LogP contribution in [0.2, 0.25) is 0 Å². The summed E-state index contributed by atoms with van der Waals surface area (Å²) in [5.41, 5.74) is 3.61. The van der Waals surface area contributed by atoms with E-state index < -0.39 is 5.97 Å². The Balaban J connectivity index is 1.38. The lowest BCUT2D eigenvalue weighted by Crippen LogP contribution is -2.07. The van der Waals surface area contributed by atoms with E-state index >= 15 is 0 Å². The number of carbonyl (C=O) groups excluding carboxylic acids is 1. The first kappa shape index (κ1) is 21.3. The Morgan fingerprint density at radius 1 is 1.13 bits per heavy atom. The topological polar surface area (TPSA) is 78.1 Å². The molecule has 2 aromatic carbocycles. The van der Waals surface area contributed by atoms with Gasteiger partial charge in [-0.15, -0.1) is 23.1 Å². The van der Waals surface area contributed by atoms with E-state index in [0.717, 1.165) is 27.6 Å². The van der Waals surface area contributed by atoms with Crippen molar-refractivity contribution < 1.29 is 14.1 Å². The van der Waals surface area contributed by atoms with E-state index in [9.17, 15) is 4.79 Å². The number of rotatable bonds is 8. The smallest absolute Gasteiger partial charge is 0.339 e. The average molecular weight is 452 g/mol. The van der Waals surface area contributed by atoms with E-state index in [4.69, 9.17) is 9.26 Å². The number of nitrogens with zero attached hydrogens (tertiary/aromatic N) is 3. The minimum absolute atomic E-state index is 0.0802. The van der Waals surface area contributed by atoms with Gasteiger partial charge in [-0.3, -0.25) is 0 Å². The van der Waals surface area contributed by atoms with Crippen LogP contribution in [0.15, 0.2) is 63.3 Å². The maximum Gasteiger partial charge on any atom is 0.339 e. The van der Waals surface area contributed by atoms with Crippen molar-refractivity contribution in [2.45, 2.75) is 37.5 Å². The number of ether oxygens (including phenoxy) is 1. The average Bonchev–Trinajstić information content (AvgIpc) is 3.45. The number of aromatic nitrogens is 3. The molecule has 0 N–H and O–H groups in total. The fourth-order valence-electron chi connectivity index (χ4n) is 2.91. The Bertz CT molecular complexity index is 1170. The fraction of sp³-hybridized carbons (Fsp3) is 0.217. The molecule has 8 heteroatoms. The molecule has 0 aliphatic heterocycles. The molecule has 0 amide bonds. The predicted molar refractivity (Wildman–Crippen MR) is 121 cm³/mol. The zero-order chi connectivity index (χ0) is 21.6. The summed E-state index contributed by atoms with van der Waals surface area (Å²) in [5, 5.41) is 7.05. The zero-order valence-electron chi connectivity index (χ0n) is 17.2. The van der Waals surface area contributed by atoms with Gasteiger partial charge in [0.2, 0.25) is 5.82 Å². The van der Waals surface area contributed by atoms with Gasteiger partial charge < -0.3 is 9.26 Å². The van der Waals surface area contributed by atoms with Crippen molar-refractivity contribution in [2.75, 3.05) is 0 Å². The molecule has 31 heavy (non-hydrogen) atoms. The SMILES string of the molecule is CCc1ccc(-c2noc(COC(=O)c3ccccc3SCc3csc(C)n3)n2)cc1.